The van der Waals surface area contributed by atoms with Crippen molar-refractivity contribution in [3.05, 3.63) is 96.6 Å². The van der Waals surface area contributed by atoms with Gasteiger partial charge in [0.1, 0.15) is 5.75 Å². The van der Waals surface area contributed by atoms with Crippen molar-refractivity contribution in [2.24, 2.45) is 0 Å². The van der Waals surface area contributed by atoms with E-state index in [-0.39, 0.29) is 0 Å². The molecule has 1 aliphatic heterocycles. The molecule has 0 radical (unpaired) electrons. The van der Waals surface area contributed by atoms with Crippen molar-refractivity contribution in [2.75, 3.05) is 0 Å². The van der Waals surface area contributed by atoms with Crippen LogP contribution in [0.4, 0.5) is 0 Å². The second-order valence-electron chi connectivity index (χ2n) is 6.04. The van der Waals surface area contributed by atoms with Gasteiger partial charge in [0, 0.05) is 5.56 Å². The number of benzene rings is 3. The van der Waals surface area contributed by atoms with E-state index < -0.39 is 5.60 Å². The first-order valence-corrected chi connectivity index (χ1v) is 7.83. The molecule has 0 bridgehead atoms. The third kappa shape index (κ3) is 2.17. The van der Waals surface area contributed by atoms with Crippen LogP contribution in [0.3, 0.4) is 0 Å². The number of hydrogen-bond donors (Lipinski definition) is 0. The molecule has 0 N–H and O–H groups in total. The van der Waals surface area contributed by atoms with Crippen molar-refractivity contribution in [2.45, 2.75) is 12.5 Å². The molecule has 1 unspecified atom stereocenters. The van der Waals surface area contributed by atoms with Gasteiger partial charge in [-0.1, -0.05) is 73.3 Å². The summed E-state index contributed by atoms with van der Waals surface area (Å²) in [5.41, 5.74) is 2.90. The van der Waals surface area contributed by atoms with Crippen LogP contribution in [0.15, 0.2) is 85.5 Å². The van der Waals surface area contributed by atoms with Gasteiger partial charge in [-0.3, -0.25) is 0 Å². The predicted molar refractivity (Wildman–Crippen MR) is 96.5 cm³/mol. The van der Waals surface area contributed by atoms with Gasteiger partial charge in [0.15, 0.2) is 5.60 Å². The summed E-state index contributed by atoms with van der Waals surface area (Å²) in [7, 11) is 0. The first kappa shape index (κ1) is 13.8. The van der Waals surface area contributed by atoms with Gasteiger partial charge >= 0.3 is 0 Å². The molecule has 1 heteroatoms. The van der Waals surface area contributed by atoms with Crippen LogP contribution in [0.2, 0.25) is 0 Å². The van der Waals surface area contributed by atoms with Gasteiger partial charge in [0.25, 0.3) is 0 Å². The molecule has 1 nitrogen and oxygen atoms in total. The molecule has 0 saturated carbocycles. The topological polar surface area (TPSA) is 9.23 Å². The summed E-state index contributed by atoms with van der Waals surface area (Å²) in [5.74, 6) is 0.910. The molecule has 0 saturated heterocycles. The first-order valence-electron chi connectivity index (χ1n) is 7.83. The third-order valence-electron chi connectivity index (χ3n) is 4.50. The van der Waals surface area contributed by atoms with Gasteiger partial charge in [0.05, 0.1) is 0 Å². The fraction of sp³-hybridized carbons (Fsp3) is 0.0909. The zero-order valence-corrected chi connectivity index (χ0v) is 13.1. The number of ether oxygens (including phenoxy) is 1. The number of fused-ring (bicyclic) bond motifs is 3. The van der Waals surface area contributed by atoms with Gasteiger partial charge in [-0.15, -0.1) is 0 Å². The average molecular weight is 298 g/mol. The monoisotopic (exact) mass is 298 g/mol. The number of rotatable bonds is 2. The molecule has 0 fully saturated rings. The van der Waals surface area contributed by atoms with E-state index in [1.54, 1.807) is 0 Å². The molecule has 3 aromatic rings. The van der Waals surface area contributed by atoms with Gasteiger partial charge in [-0.25, -0.2) is 0 Å². The number of allylic oxidation sites excluding steroid dienone is 2. The van der Waals surface area contributed by atoms with Crippen LogP contribution in [0, 0.1) is 0 Å². The summed E-state index contributed by atoms with van der Waals surface area (Å²) in [6.07, 6.45) is 4.10. The molecule has 1 heterocycles. The fourth-order valence-corrected chi connectivity index (χ4v) is 3.33. The lowest BCUT2D eigenvalue weighted by molar-refractivity contribution is 0.138. The standard InChI is InChI=1S/C22H18O/c1-3-16-15-22(2,18-10-5-4-6-11-18)23-20-14-13-17-9-7-8-12-19(17)21(16)20/h3-15H,1H2,2H3. The maximum absolute atomic E-state index is 6.42. The van der Waals surface area contributed by atoms with Crippen molar-refractivity contribution in [1.82, 2.24) is 0 Å². The summed E-state index contributed by atoms with van der Waals surface area (Å²) in [4.78, 5) is 0. The Morgan fingerprint density at radius 3 is 2.43 bits per heavy atom. The fourth-order valence-electron chi connectivity index (χ4n) is 3.33. The molecule has 4 rings (SSSR count). The maximum atomic E-state index is 6.42. The first-order chi connectivity index (χ1) is 11.2. The molecular weight excluding hydrogens is 280 g/mol. The zero-order chi connectivity index (χ0) is 15.9. The Kier molecular flexibility index (Phi) is 3.09. The normalized spacial score (nSPS) is 19.6. The van der Waals surface area contributed by atoms with Gasteiger partial charge < -0.3 is 4.74 Å². The molecule has 1 atom stereocenters. The van der Waals surface area contributed by atoms with Crippen LogP contribution in [0.1, 0.15) is 18.1 Å². The smallest absolute Gasteiger partial charge is 0.150 e. The second kappa shape index (κ2) is 5.13. The molecule has 112 valence electrons. The Bertz CT molecular complexity index is 921. The van der Waals surface area contributed by atoms with E-state index in [4.69, 9.17) is 4.74 Å². The van der Waals surface area contributed by atoms with E-state index in [9.17, 15) is 0 Å². The summed E-state index contributed by atoms with van der Waals surface area (Å²) in [6, 6.07) is 22.9. The van der Waals surface area contributed by atoms with E-state index in [1.807, 2.05) is 24.3 Å². The minimum Gasteiger partial charge on any atom is -0.478 e. The van der Waals surface area contributed by atoms with Crippen molar-refractivity contribution in [1.29, 1.82) is 0 Å². The van der Waals surface area contributed by atoms with Gasteiger partial charge in [-0.2, -0.15) is 0 Å². The summed E-state index contributed by atoms with van der Waals surface area (Å²) in [5, 5.41) is 2.41. The third-order valence-corrected chi connectivity index (χ3v) is 4.50. The van der Waals surface area contributed by atoms with Crippen molar-refractivity contribution < 1.29 is 4.74 Å². The van der Waals surface area contributed by atoms with Crippen molar-refractivity contribution in [3.63, 3.8) is 0 Å². The average Bonchev–Trinajstić information content (AvgIpc) is 2.61. The Balaban J connectivity index is 1.96. The second-order valence-corrected chi connectivity index (χ2v) is 6.04. The van der Waals surface area contributed by atoms with Crippen LogP contribution in [0.25, 0.3) is 16.3 Å². The van der Waals surface area contributed by atoms with Crippen LogP contribution in [0.5, 0.6) is 5.75 Å². The highest BCUT2D eigenvalue weighted by atomic mass is 16.5. The van der Waals surface area contributed by atoms with Crippen LogP contribution < -0.4 is 4.74 Å². The summed E-state index contributed by atoms with van der Waals surface area (Å²) in [6.45, 7) is 6.13. The Morgan fingerprint density at radius 2 is 1.65 bits per heavy atom. The molecule has 23 heavy (non-hydrogen) atoms. The maximum Gasteiger partial charge on any atom is 0.150 e. The predicted octanol–water partition coefficient (Wildman–Crippen LogP) is 5.72. The Labute approximate surface area is 136 Å². The highest BCUT2D eigenvalue weighted by molar-refractivity contribution is 5.99. The lowest BCUT2D eigenvalue weighted by Crippen LogP contribution is -2.30. The lowest BCUT2D eigenvalue weighted by atomic mass is 9.86. The quantitative estimate of drug-likeness (QED) is 0.588. The van der Waals surface area contributed by atoms with Gasteiger partial charge in [-0.05, 0) is 41.0 Å². The molecule has 0 spiro atoms. The molecule has 0 amide bonds. The van der Waals surface area contributed by atoms with Gasteiger partial charge in [0.2, 0.25) is 0 Å². The number of hydrogen-bond acceptors (Lipinski definition) is 1. The van der Waals surface area contributed by atoms with Crippen molar-refractivity contribution >= 4 is 16.3 Å². The summed E-state index contributed by atoms with van der Waals surface area (Å²) < 4.78 is 6.42. The van der Waals surface area contributed by atoms with E-state index >= 15 is 0 Å². The lowest BCUT2D eigenvalue weighted by Gasteiger charge is -2.34. The SMILES string of the molecule is C=CC1=CC(C)(c2ccccc2)Oc2ccc3ccccc3c21. The van der Waals surface area contributed by atoms with Crippen LogP contribution in [-0.2, 0) is 5.60 Å². The van der Waals surface area contributed by atoms with E-state index in [0.717, 1.165) is 22.4 Å². The highest BCUT2D eigenvalue weighted by Gasteiger charge is 2.32. The Morgan fingerprint density at radius 1 is 0.913 bits per heavy atom. The molecule has 3 aromatic carbocycles. The van der Waals surface area contributed by atoms with Crippen molar-refractivity contribution in [3.8, 4) is 5.75 Å². The van der Waals surface area contributed by atoms with Crippen LogP contribution >= 0.6 is 0 Å². The van der Waals surface area contributed by atoms with E-state index in [2.05, 4.69) is 68.1 Å². The molecule has 1 aliphatic rings. The van der Waals surface area contributed by atoms with Crippen LogP contribution in [-0.4, -0.2) is 0 Å². The minimum absolute atomic E-state index is 0.486. The van der Waals surface area contributed by atoms with E-state index in [1.165, 1.54) is 10.8 Å². The largest absolute Gasteiger partial charge is 0.478 e. The molecular formula is C22H18O. The zero-order valence-electron chi connectivity index (χ0n) is 13.1. The van der Waals surface area contributed by atoms with E-state index in [0.29, 0.717) is 0 Å². The minimum atomic E-state index is -0.486. The molecule has 0 aliphatic carbocycles. The summed E-state index contributed by atoms with van der Waals surface area (Å²) >= 11 is 0. The highest BCUT2D eigenvalue weighted by Crippen LogP contribution is 2.44. The molecule has 0 aromatic heterocycles. The Hall–Kier alpha value is -2.80.